The Hall–Kier alpha value is -0.880. The zero-order valence-corrected chi connectivity index (χ0v) is 9.90. The van der Waals surface area contributed by atoms with Crippen LogP contribution >= 0.6 is 0 Å². The molecule has 2 rings (SSSR count). The van der Waals surface area contributed by atoms with Crippen molar-refractivity contribution in [1.29, 1.82) is 0 Å². The summed E-state index contributed by atoms with van der Waals surface area (Å²) in [6.07, 6.45) is 2.18. The van der Waals surface area contributed by atoms with Gasteiger partial charge in [-0.05, 0) is 19.8 Å². The lowest BCUT2D eigenvalue weighted by Gasteiger charge is -2.18. The molecule has 1 fully saturated rings. The standard InChI is InChI=1S/C10H15NO4S/c1-7(12)9-5-11-10(15-9)8-3-2-4-16(13,14)6-8/h5,7-8,12H,2-4,6H2,1H3. The van der Waals surface area contributed by atoms with Gasteiger partial charge in [0.2, 0.25) is 0 Å². The van der Waals surface area contributed by atoms with Crippen LogP contribution in [0.1, 0.15) is 43.4 Å². The molecule has 1 aromatic heterocycles. The van der Waals surface area contributed by atoms with Gasteiger partial charge in [0.25, 0.3) is 0 Å². The summed E-state index contributed by atoms with van der Waals surface area (Å²) in [6.45, 7) is 1.59. The van der Waals surface area contributed by atoms with Gasteiger partial charge in [0.1, 0.15) is 6.10 Å². The van der Waals surface area contributed by atoms with Gasteiger partial charge >= 0.3 is 0 Å². The van der Waals surface area contributed by atoms with E-state index in [1.165, 1.54) is 6.20 Å². The van der Waals surface area contributed by atoms with E-state index in [2.05, 4.69) is 4.98 Å². The minimum Gasteiger partial charge on any atom is -0.443 e. The van der Waals surface area contributed by atoms with Crippen molar-refractivity contribution in [2.45, 2.75) is 31.8 Å². The van der Waals surface area contributed by atoms with E-state index in [1.807, 2.05) is 0 Å². The van der Waals surface area contributed by atoms with E-state index >= 15 is 0 Å². The van der Waals surface area contributed by atoms with E-state index < -0.39 is 15.9 Å². The number of nitrogens with zero attached hydrogens (tertiary/aromatic N) is 1. The molecule has 1 aliphatic heterocycles. The van der Waals surface area contributed by atoms with Crippen LogP contribution in [0.2, 0.25) is 0 Å². The Morgan fingerprint density at radius 2 is 2.38 bits per heavy atom. The highest BCUT2D eigenvalue weighted by atomic mass is 32.2. The van der Waals surface area contributed by atoms with Crippen LogP contribution in [0.25, 0.3) is 0 Å². The van der Waals surface area contributed by atoms with Crippen molar-refractivity contribution >= 4 is 9.84 Å². The number of aromatic nitrogens is 1. The smallest absolute Gasteiger partial charge is 0.198 e. The topological polar surface area (TPSA) is 80.4 Å². The third-order valence-corrected chi connectivity index (χ3v) is 4.59. The predicted octanol–water partition coefficient (Wildman–Crippen LogP) is 1.02. The molecular weight excluding hydrogens is 230 g/mol. The van der Waals surface area contributed by atoms with Crippen LogP contribution in [0.15, 0.2) is 10.6 Å². The molecule has 0 radical (unpaired) electrons. The molecule has 0 spiro atoms. The first kappa shape index (κ1) is 11.6. The fraction of sp³-hybridized carbons (Fsp3) is 0.700. The van der Waals surface area contributed by atoms with Gasteiger partial charge in [-0.1, -0.05) is 0 Å². The number of hydrogen-bond donors (Lipinski definition) is 1. The van der Waals surface area contributed by atoms with E-state index in [1.54, 1.807) is 6.92 Å². The average molecular weight is 245 g/mol. The van der Waals surface area contributed by atoms with Gasteiger partial charge in [-0.15, -0.1) is 0 Å². The summed E-state index contributed by atoms with van der Waals surface area (Å²) in [7, 11) is -2.95. The summed E-state index contributed by atoms with van der Waals surface area (Å²) in [5, 5.41) is 9.29. The molecule has 1 N–H and O–H groups in total. The third kappa shape index (κ3) is 2.44. The van der Waals surface area contributed by atoms with E-state index in [-0.39, 0.29) is 17.4 Å². The molecular formula is C10H15NO4S. The summed E-state index contributed by atoms with van der Waals surface area (Å²) < 4.78 is 28.3. The Morgan fingerprint density at radius 1 is 1.62 bits per heavy atom. The second-order valence-electron chi connectivity index (χ2n) is 4.23. The van der Waals surface area contributed by atoms with Crippen molar-refractivity contribution in [2.24, 2.45) is 0 Å². The van der Waals surface area contributed by atoms with Gasteiger partial charge in [-0.2, -0.15) is 0 Å². The first-order chi connectivity index (χ1) is 7.48. The summed E-state index contributed by atoms with van der Waals surface area (Å²) in [5.74, 6) is 1.02. The summed E-state index contributed by atoms with van der Waals surface area (Å²) >= 11 is 0. The molecule has 1 aromatic rings. The van der Waals surface area contributed by atoms with Crippen LogP contribution in [-0.2, 0) is 9.84 Å². The minimum absolute atomic E-state index is 0.104. The van der Waals surface area contributed by atoms with E-state index in [4.69, 9.17) is 4.42 Å². The Labute approximate surface area is 94.4 Å². The van der Waals surface area contributed by atoms with Crippen LogP contribution in [0.3, 0.4) is 0 Å². The largest absolute Gasteiger partial charge is 0.443 e. The lowest BCUT2D eigenvalue weighted by molar-refractivity contribution is 0.166. The number of oxazole rings is 1. The van der Waals surface area contributed by atoms with Crippen LogP contribution in [0, 0.1) is 0 Å². The highest BCUT2D eigenvalue weighted by Gasteiger charge is 2.29. The minimum atomic E-state index is -2.95. The lowest BCUT2D eigenvalue weighted by atomic mass is 10.1. The molecule has 2 heterocycles. The number of sulfone groups is 1. The Bertz CT molecular complexity index is 463. The molecule has 1 aliphatic rings. The van der Waals surface area contributed by atoms with Crippen molar-refractivity contribution in [2.75, 3.05) is 11.5 Å². The van der Waals surface area contributed by atoms with Gasteiger partial charge in [0.15, 0.2) is 21.5 Å². The number of rotatable bonds is 2. The highest BCUT2D eigenvalue weighted by molar-refractivity contribution is 7.91. The zero-order valence-electron chi connectivity index (χ0n) is 9.09. The molecule has 5 nitrogen and oxygen atoms in total. The van der Waals surface area contributed by atoms with Crippen LogP contribution in [0.4, 0.5) is 0 Å². The maximum absolute atomic E-state index is 11.5. The van der Waals surface area contributed by atoms with Crippen molar-refractivity contribution in [3.05, 3.63) is 17.8 Å². The second-order valence-corrected chi connectivity index (χ2v) is 6.46. The monoisotopic (exact) mass is 245 g/mol. The first-order valence-electron chi connectivity index (χ1n) is 5.32. The second kappa shape index (κ2) is 4.18. The molecule has 0 bridgehead atoms. The van der Waals surface area contributed by atoms with Gasteiger partial charge < -0.3 is 9.52 Å². The van der Waals surface area contributed by atoms with Gasteiger partial charge in [0, 0.05) is 5.92 Å². The maximum Gasteiger partial charge on any atom is 0.198 e. The van der Waals surface area contributed by atoms with Crippen molar-refractivity contribution in [3.8, 4) is 0 Å². The Morgan fingerprint density at radius 3 is 2.94 bits per heavy atom. The average Bonchev–Trinajstić information content (AvgIpc) is 2.64. The summed E-state index contributed by atoms with van der Waals surface area (Å²) in [5.41, 5.74) is 0. The maximum atomic E-state index is 11.5. The zero-order chi connectivity index (χ0) is 11.8. The Balaban J connectivity index is 2.17. The van der Waals surface area contributed by atoms with Crippen LogP contribution in [0.5, 0.6) is 0 Å². The van der Waals surface area contributed by atoms with Crippen LogP contribution in [-0.4, -0.2) is 30.0 Å². The molecule has 16 heavy (non-hydrogen) atoms. The molecule has 0 aliphatic carbocycles. The molecule has 0 aromatic carbocycles. The molecule has 2 unspecified atom stereocenters. The van der Waals surface area contributed by atoms with Crippen molar-refractivity contribution < 1.29 is 17.9 Å². The SMILES string of the molecule is CC(O)c1cnc(C2CCCS(=O)(=O)C2)o1. The van der Waals surface area contributed by atoms with E-state index in [0.29, 0.717) is 18.1 Å². The van der Waals surface area contributed by atoms with Crippen LogP contribution < -0.4 is 0 Å². The fourth-order valence-corrected chi connectivity index (χ4v) is 3.60. The normalized spacial score (nSPS) is 26.5. The Kier molecular flexibility index (Phi) is 3.03. The number of aliphatic hydroxyl groups is 1. The predicted molar refractivity (Wildman–Crippen MR) is 57.8 cm³/mol. The summed E-state index contributed by atoms with van der Waals surface area (Å²) in [4.78, 5) is 4.04. The molecule has 0 amide bonds. The van der Waals surface area contributed by atoms with E-state index in [0.717, 1.165) is 6.42 Å². The molecule has 6 heteroatoms. The molecule has 2 atom stereocenters. The number of hydrogen-bond acceptors (Lipinski definition) is 5. The van der Waals surface area contributed by atoms with Gasteiger partial charge in [-0.3, -0.25) is 0 Å². The van der Waals surface area contributed by atoms with Crippen molar-refractivity contribution in [3.63, 3.8) is 0 Å². The first-order valence-corrected chi connectivity index (χ1v) is 7.14. The van der Waals surface area contributed by atoms with Gasteiger partial charge in [-0.25, -0.2) is 13.4 Å². The quantitative estimate of drug-likeness (QED) is 0.841. The number of aliphatic hydroxyl groups excluding tert-OH is 1. The fourth-order valence-electron chi connectivity index (χ4n) is 1.90. The van der Waals surface area contributed by atoms with Crippen molar-refractivity contribution in [1.82, 2.24) is 4.98 Å². The van der Waals surface area contributed by atoms with Gasteiger partial charge in [0.05, 0.1) is 17.7 Å². The highest BCUT2D eigenvalue weighted by Crippen LogP contribution is 2.28. The molecule has 0 saturated carbocycles. The van der Waals surface area contributed by atoms with E-state index in [9.17, 15) is 13.5 Å². The molecule has 1 saturated heterocycles. The summed E-state index contributed by atoms with van der Waals surface area (Å²) in [6, 6.07) is 0. The third-order valence-electron chi connectivity index (χ3n) is 2.77. The molecule has 90 valence electrons. The lowest BCUT2D eigenvalue weighted by Crippen LogP contribution is -2.23.